The molecule has 4 nitrogen and oxygen atoms in total. The molecule has 0 aliphatic rings. The molecule has 0 amide bonds. The van der Waals surface area contributed by atoms with E-state index in [-0.39, 0.29) is 11.5 Å². The van der Waals surface area contributed by atoms with Crippen molar-refractivity contribution < 1.29 is 13.6 Å². The van der Waals surface area contributed by atoms with Gasteiger partial charge in [-0.2, -0.15) is 0 Å². The fourth-order valence-corrected chi connectivity index (χ4v) is 4.02. The third-order valence-corrected chi connectivity index (χ3v) is 6.14. The lowest BCUT2D eigenvalue weighted by atomic mass is 10.0. The summed E-state index contributed by atoms with van der Waals surface area (Å²) in [5.41, 5.74) is 2.93. The first kappa shape index (κ1) is 17.2. The molecule has 2 aromatic carbocycles. The first-order chi connectivity index (χ1) is 11.0. The lowest BCUT2D eigenvalue weighted by Gasteiger charge is -2.16. The Labute approximate surface area is 137 Å². The molecule has 0 spiro atoms. The molecule has 0 fully saturated rings. The van der Waals surface area contributed by atoms with Gasteiger partial charge in [0, 0.05) is 11.3 Å². The number of hydrogen-bond acceptors (Lipinski definition) is 4. The molecule has 2 aromatic rings. The first-order valence-electron chi connectivity index (χ1n) is 7.62. The predicted octanol–water partition coefficient (Wildman–Crippen LogP) is 3.75. The largest absolute Gasteiger partial charge is 0.411 e. The highest BCUT2D eigenvalue weighted by atomic mass is 32.2. The smallest absolute Gasteiger partial charge is 0.158 e. The van der Waals surface area contributed by atoms with Crippen LogP contribution in [0.25, 0.3) is 11.1 Å². The van der Waals surface area contributed by atoms with Crippen molar-refractivity contribution in [1.29, 1.82) is 0 Å². The maximum atomic E-state index is 12.2. The summed E-state index contributed by atoms with van der Waals surface area (Å²) in [7, 11) is -3.32. The van der Waals surface area contributed by atoms with Gasteiger partial charge in [-0.3, -0.25) is 0 Å². The Hall–Kier alpha value is -2.14. The molecule has 0 bridgehead atoms. The van der Waals surface area contributed by atoms with Crippen molar-refractivity contribution in [1.82, 2.24) is 0 Å². The summed E-state index contributed by atoms with van der Waals surface area (Å²) in [5, 5.41) is 11.8. The lowest BCUT2D eigenvalue weighted by molar-refractivity contribution is 0.318. The normalized spacial score (nSPS) is 13.7. The number of nitrogens with zero attached hydrogens (tertiary/aromatic N) is 1. The van der Waals surface area contributed by atoms with E-state index in [2.05, 4.69) is 5.16 Å². The van der Waals surface area contributed by atoms with Crippen LogP contribution in [0, 0.1) is 0 Å². The second-order valence-electron chi connectivity index (χ2n) is 5.28. The molecule has 0 unspecified atom stereocenters. The summed E-state index contributed by atoms with van der Waals surface area (Å²) in [4.78, 5) is 0. The molecule has 0 aliphatic heterocycles. The molecule has 1 N–H and O–H groups in total. The first-order valence-corrected chi connectivity index (χ1v) is 9.34. The molecule has 0 aliphatic carbocycles. The molecule has 1 atom stereocenters. The second kappa shape index (κ2) is 7.42. The van der Waals surface area contributed by atoms with Gasteiger partial charge < -0.3 is 5.21 Å². The van der Waals surface area contributed by atoms with E-state index in [1.807, 2.05) is 42.5 Å². The Bertz CT molecular complexity index is 766. The van der Waals surface area contributed by atoms with Gasteiger partial charge in [0.15, 0.2) is 9.84 Å². The van der Waals surface area contributed by atoms with Gasteiger partial charge in [0.25, 0.3) is 0 Å². The SMILES string of the molecule is CC[C@@H](/C(=N\O)c1ccc(-c2ccccc2)cc1)S(=O)(=O)CC. The average molecular weight is 331 g/mol. The van der Waals surface area contributed by atoms with Crippen LogP contribution >= 0.6 is 0 Å². The van der Waals surface area contributed by atoms with E-state index in [0.717, 1.165) is 11.1 Å². The molecule has 0 aromatic heterocycles. The number of benzene rings is 2. The summed E-state index contributed by atoms with van der Waals surface area (Å²) in [5.74, 6) is 0.0205. The minimum absolute atomic E-state index is 0.0205. The molecule has 2 rings (SSSR count). The predicted molar refractivity (Wildman–Crippen MR) is 93.7 cm³/mol. The van der Waals surface area contributed by atoms with Gasteiger partial charge in [-0.1, -0.05) is 73.6 Å². The van der Waals surface area contributed by atoms with E-state index < -0.39 is 15.1 Å². The lowest BCUT2D eigenvalue weighted by Crippen LogP contribution is -2.31. The molecule has 122 valence electrons. The van der Waals surface area contributed by atoms with E-state index in [1.54, 1.807) is 26.0 Å². The van der Waals surface area contributed by atoms with E-state index in [4.69, 9.17) is 0 Å². The Morgan fingerprint density at radius 3 is 2.04 bits per heavy atom. The third kappa shape index (κ3) is 3.79. The number of rotatable bonds is 6. The summed E-state index contributed by atoms with van der Waals surface area (Å²) < 4.78 is 24.4. The van der Waals surface area contributed by atoms with E-state index in [9.17, 15) is 13.6 Å². The summed E-state index contributed by atoms with van der Waals surface area (Å²) >= 11 is 0. The van der Waals surface area contributed by atoms with Crippen molar-refractivity contribution in [2.45, 2.75) is 25.5 Å². The van der Waals surface area contributed by atoms with Gasteiger partial charge >= 0.3 is 0 Å². The zero-order chi connectivity index (χ0) is 16.9. The Kier molecular flexibility index (Phi) is 5.55. The molecule has 23 heavy (non-hydrogen) atoms. The van der Waals surface area contributed by atoms with Crippen molar-refractivity contribution in [2.24, 2.45) is 5.16 Å². The van der Waals surface area contributed by atoms with E-state index in [0.29, 0.717) is 12.0 Å². The Morgan fingerprint density at radius 1 is 1.00 bits per heavy atom. The van der Waals surface area contributed by atoms with Crippen molar-refractivity contribution in [3.63, 3.8) is 0 Å². The zero-order valence-electron chi connectivity index (χ0n) is 13.3. The van der Waals surface area contributed by atoms with Crippen molar-refractivity contribution in [3.8, 4) is 11.1 Å². The molecular weight excluding hydrogens is 310 g/mol. The standard InChI is InChI=1S/C18H21NO3S/c1-3-17(23(21,22)4-2)18(19-20)16-12-10-15(11-13-16)14-8-6-5-7-9-14/h5-13,17,20H,3-4H2,1-2H3/b19-18-/t17-/m0/s1. The molecule has 0 saturated carbocycles. The average Bonchev–Trinajstić information content (AvgIpc) is 2.60. The highest BCUT2D eigenvalue weighted by molar-refractivity contribution is 7.92. The maximum absolute atomic E-state index is 12.2. The quantitative estimate of drug-likeness (QED) is 0.498. The molecule has 0 heterocycles. The third-order valence-electron chi connectivity index (χ3n) is 3.91. The zero-order valence-corrected chi connectivity index (χ0v) is 14.1. The van der Waals surface area contributed by atoms with Gasteiger partial charge in [0.1, 0.15) is 11.0 Å². The second-order valence-corrected chi connectivity index (χ2v) is 7.75. The fourth-order valence-electron chi connectivity index (χ4n) is 2.59. The van der Waals surface area contributed by atoms with Crippen LogP contribution in [0.5, 0.6) is 0 Å². The van der Waals surface area contributed by atoms with Crippen LogP contribution in [0.3, 0.4) is 0 Å². The number of hydrogen-bond donors (Lipinski definition) is 1. The van der Waals surface area contributed by atoms with Gasteiger partial charge in [0.2, 0.25) is 0 Å². The van der Waals surface area contributed by atoms with Crippen molar-refractivity contribution in [3.05, 3.63) is 60.2 Å². The van der Waals surface area contributed by atoms with E-state index in [1.165, 1.54) is 0 Å². The molecule has 5 heteroatoms. The van der Waals surface area contributed by atoms with Gasteiger partial charge in [-0.05, 0) is 17.5 Å². The van der Waals surface area contributed by atoms with Crippen LogP contribution in [0.15, 0.2) is 59.8 Å². The van der Waals surface area contributed by atoms with Crippen molar-refractivity contribution in [2.75, 3.05) is 5.75 Å². The molecule has 0 radical (unpaired) electrons. The van der Waals surface area contributed by atoms with Crippen LogP contribution in [0.2, 0.25) is 0 Å². The number of oxime groups is 1. The fraction of sp³-hybridized carbons (Fsp3) is 0.278. The van der Waals surface area contributed by atoms with Crippen LogP contribution in [0.4, 0.5) is 0 Å². The minimum atomic E-state index is -3.32. The Morgan fingerprint density at radius 2 is 1.57 bits per heavy atom. The van der Waals surface area contributed by atoms with Crippen LogP contribution in [-0.2, 0) is 9.84 Å². The van der Waals surface area contributed by atoms with E-state index >= 15 is 0 Å². The highest BCUT2D eigenvalue weighted by Gasteiger charge is 2.28. The monoisotopic (exact) mass is 331 g/mol. The topological polar surface area (TPSA) is 66.7 Å². The molecular formula is C18H21NO3S. The van der Waals surface area contributed by atoms with Gasteiger partial charge in [-0.15, -0.1) is 0 Å². The van der Waals surface area contributed by atoms with Crippen LogP contribution in [-0.4, -0.2) is 30.3 Å². The summed E-state index contributed by atoms with van der Waals surface area (Å²) in [6.07, 6.45) is 0.371. The molecule has 0 saturated heterocycles. The van der Waals surface area contributed by atoms with Crippen LogP contribution < -0.4 is 0 Å². The van der Waals surface area contributed by atoms with Crippen molar-refractivity contribution >= 4 is 15.5 Å². The maximum Gasteiger partial charge on any atom is 0.158 e. The summed E-state index contributed by atoms with van der Waals surface area (Å²) in [6.45, 7) is 3.38. The number of sulfone groups is 1. The summed E-state index contributed by atoms with van der Waals surface area (Å²) in [6, 6.07) is 17.3. The van der Waals surface area contributed by atoms with Gasteiger partial charge in [-0.25, -0.2) is 8.42 Å². The van der Waals surface area contributed by atoms with Gasteiger partial charge in [0.05, 0.1) is 0 Å². The highest BCUT2D eigenvalue weighted by Crippen LogP contribution is 2.22. The minimum Gasteiger partial charge on any atom is -0.411 e. The van der Waals surface area contributed by atoms with Crippen LogP contribution in [0.1, 0.15) is 25.8 Å². The Balaban J connectivity index is 2.37.